The van der Waals surface area contributed by atoms with E-state index in [1.165, 1.54) is 4.90 Å². The van der Waals surface area contributed by atoms with Gasteiger partial charge in [-0.1, -0.05) is 0 Å². The van der Waals surface area contributed by atoms with Gasteiger partial charge in [0.15, 0.2) is 0 Å². The maximum absolute atomic E-state index is 11.6. The summed E-state index contributed by atoms with van der Waals surface area (Å²) < 4.78 is 6.70. The number of nitrogens with zero attached hydrogens (tertiary/aromatic N) is 1. The molecule has 0 aromatic heterocycles. The highest BCUT2D eigenvalue weighted by molar-refractivity contribution is 9.11. The molecule has 0 bridgehead atoms. The number of methoxy groups -OCH3 is 1. The molecule has 1 fully saturated rings. The second-order valence-corrected chi connectivity index (χ2v) is 5.28. The predicted octanol–water partition coefficient (Wildman–Crippen LogP) is 2.53. The van der Waals surface area contributed by atoms with E-state index in [9.17, 15) is 9.59 Å². The van der Waals surface area contributed by atoms with Gasteiger partial charge in [0.1, 0.15) is 5.75 Å². The van der Waals surface area contributed by atoms with Gasteiger partial charge in [-0.05, 0) is 37.9 Å². The van der Waals surface area contributed by atoms with E-state index in [0.717, 1.165) is 8.95 Å². The first kappa shape index (κ1) is 12.6. The maximum atomic E-state index is 11.6. The number of hydrogen-bond donors (Lipinski definition) is 0. The number of ketones is 1. The molecule has 1 aliphatic heterocycles. The number of rotatable bonds is 2. The Kier molecular flexibility index (Phi) is 3.53. The van der Waals surface area contributed by atoms with Gasteiger partial charge in [0, 0.05) is 23.5 Å². The summed E-state index contributed by atoms with van der Waals surface area (Å²) in [6.45, 7) is 0.418. The molecule has 2 rings (SSSR count). The third kappa shape index (κ3) is 2.24. The Bertz CT molecular complexity index is 502. The Morgan fingerprint density at radius 2 is 1.94 bits per heavy atom. The van der Waals surface area contributed by atoms with Crippen LogP contribution in [0.5, 0.6) is 5.75 Å². The van der Waals surface area contributed by atoms with Gasteiger partial charge in [0.05, 0.1) is 17.3 Å². The molecule has 0 unspecified atom stereocenters. The molecule has 1 aromatic rings. The minimum Gasteiger partial charge on any atom is -0.495 e. The monoisotopic (exact) mass is 361 g/mol. The standard InChI is InChI=1S/C11H9Br2NO3/c1-17-10-5-8(6(12)4-7(10)13)14-3-2-9(15)11(14)16/h4-5H,2-3H2,1H3. The van der Waals surface area contributed by atoms with Crippen LogP contribution in [0.1, 0.15) is 6.42 Å². The van der Waals surface area contributed by atoms with Crippen molar-refractivity contribution in [1.29, 1.82) is 0 Å². The Morgan fingerprint density at radius 3 is 2.47 bits per heavy atom. The summed E-state index contributed by atoms with van der Waals surface area (Å²) >= 11 is 6.73. The number of anilines is 1. The lowest BCUT2D eigenvalue weighted by Gasteiger charge is -2.18. The normalized spacial score (nSPS) is 15.6. The fourth-order valence-corrected chi connectivity index (χ4v) is 3.05. The molecule has 6 heteroatoms. The van der Waals surface area contributed by atoms with E-state index in [1.807, 2.05) is 0 Å². The molecule has 1 aliphatic rings. The highest BCUT2D eigenvalue weighted by Gasteiger charge is 2.31. The summed E-state index contributed by atoms with van der Waals surface area (Å²) in [6, 6.07) is 3.52. The van der Waals surface area contributed by atoms with Gasteiger partial charge < -0.3 is 9.64 Å². The smallest absolute Gasteiger partial charge is 0.294 e. The van der Waals surface area contributed by atoms with Crippen LogP contribution < -0.4 is 9.64 Å². The molecule has 0 aliphatic carbocycles. The van der Waals surface area contributed by atoms with Crippen molar-refractivity contribution in [3.8, 4) is 5.75 Å². The third-order valence-electron chi connectivity index (χ3n) is 2.56. The summed E-state index contributed by atoms with van der Waals surface area (Å²) in [4.78, 5) is 24.3. The van der Waals surface area contributed by atoms with Crippen LogP contribution >= 0.6 is 31.9 Å². The lowest BCUT2D eigenvalue weighted by atomic mass is 10.3. The van der Waals surface area contributed by atoms with E-state index >= 15 is 0 Å². The van der Waals surface area contributed by atoms with Gasteiger partial charge in [-0.2, -0.15) is 0 Å². The summed E-state index contributed by atoms with van der Waals surface area (Å²) in [5, 5.41) is 0. The topological polar surface area (TPSA) is 46.6 Å². The SMILES string of the molecule is COc1cc(N2CCC(=O)C2=O)c(Br)cc1Br. The van der Waals surface area contributed by atoms with Crippen molar-refractivity contribution >= 4 is 49.2 Å². The van der Waals surface area contributed by atoms with Crippen molar-refractivity contribution in [3.63, 3.8) is 0 Å². The summed E-state index contributed by atoms with van der Waals surface area (Å²) in [5.41, 5.74) is 0.654. The molecule has 1 aromatic carbocycles. The van der Waals surface area contributed by atoms with Crippen LogP contribution in [-0.2, 0) is 9.59 Å². The molecule has 4 nitrogen and oxygen atoms in total. The molecule has 0 spiro atoms. The van der Waals surface area contributed by atoms with E-state index in [-0.39, 0.29) is 12.2 Å². The molecular weight excluding hydrogens is 354 g/mol. The number of carbonyl (C=O) groups excluding carboxylic acids is 2. The third-order valence-corrected chi connectivity index (χ3v) is 3.81. The lowest BCUT2D eigenvalue weighted by molar-refractivity contribution is -0.133. The number of Topliss-reactive ketones (excluding diaryl/α,β-unsaturated/α-hetero) is 1. The van der Waals surface area contributed by atoms with Crippen molar-refractivity contribution in [2.75, 3.05) is 18.6 Å². The molecule has 0 radical (unpaired) electrons. The number of hydrogen-bond acceptors (Lipinski definition) is 3. The average molecular weight is 363 g/mol. The molecular formula is C11H9Br2NO3. The molecule has 90 valence electrons. The number of ether oxygens (including phenoxy) is 1. The summed E-state index contributed by atoms with van der Waals surface area (Å²) in [7, 11) is 1.55. The minimum absolute atomic E-state index is 0.268. The molecule has 0 saturated carbocycles. The number of benzene rings is 1. The average Bonchev–Trinajstić information content (AvgIpc) is 2.61. The zero-order chi connectivity index (χ0) is 12.6. The predicted molar refractivity (Wildman–Crippen MR) is 70.4 cm³/mol. The molecule has 1 saturated heterocycles. The van der Waals surface area contributed by atoms with Gasteiger partial charge in [0.2, 0.25) is 5.78 Å². The molecule has 17 heavy (non-hydrogen) atoms. The van der Waals surface area contributed by atoms with Crippen LogP contribution in [0.25, 0.3) is 0 Å². The van der Waals surface area contributed by atoms with E-state index in [0.29, 0.717) is 18.0 Å². The highest BCUT2D eigenvalue weighted by Crippen LogP contribution is 2.37. The van der Waals surface area contributed by atoms with Crippen molar-refractivity contribution in [1.82, 2.24) is 0 Å². The first-order valence-electron chi connectivity index (χ1n) is 4.92. The Hall–Kier alpha value is -0.880. The minimum atomic E-state index is -0.463. The van der Waals surface area contributed by atoms with Gasteiger partial charge in [-0.25, -0.2) is 0 Å². The first-order valence-corrected chi connectivity index (χ1v) is 6.51. The number of halogens is 2. The van der Waals surface area contributed by atoms with Crippen LogP contribution in [0.2, 0.25) is 0 Å². The fourth-order valence-electron chi connectivity index (χ4n) is 1.68. The van der Waals surface area contributed by atoms with Crippen LogP contribution in [0.15, 0.2) is 21.1 Å². The van der Waals surface area contributed by atoms with E-state index in [4.69, 9.17) is 4.74 Å². The van der Waals surface area contributed by atoms with Gasteiger partial charge in [0.25, 0.3) is 5.91 Å². The largest absolute Gasteiger partial charge is 0.495 e. The highest BCUT2D eigenvalue weighted by atomic mass is 79.9. The molecule has 1 amide bonds. The Morgan fingerprint density at radius 1 is 1.24 bits per heavy atom. The quantitative estimate of drug-likeness (QED) is 0.759. The number of amides is 1. The van der Waals surface area contributed by atoms with Crippen molar-refractivity contribution in [3.05, 3.63) is 21.1 Å². The van der Waals surface area contributed by atoms with Crippen LogP contribution in [0.4, 0.5) is 5.69 Å². The second kappa shape index (κ2) is 4.78. The van der Waals surface area contributed by atoms with Crippen molar-refractivity contribution in [2.45, 2.75) is 6.42 Å². The van der Waals surface area contributed by atoms with E-state index in [1.54, 1.807) is 19.2 Å². The summed E-state index contributed by atoms with van der Waals surface area (Å²) in [6.07, 6.45) is 0.268. The van der Waals surface area contributed by atoms with Crippen LogP contribution in [-0.4, -0.2) is 25.3 Å². The van der Waals surface area contributed by atoms with Gasteiger partial charge in [-0.15, -0.1) is 0 Å². The Balaban J connectivity index is 2.45. The molecule has 0 atom stereocenters. The first-order chi connectivity index (χ1) is 8.04. The molecule has 1 heterocycles. The maximum Gasteiger partial charge on any atom is 0.294 e. The lowest BCUT2D eigenvalue weighted by Crippen LogP contribution is -2.27. The van der Waals surface area contributed by atoms with E-state index < -0.39 is 5.91 Å². The van der Waals surface area contributed by atoms with Gasteiger partial charge >= 0.3 is 0 Å². The summed E-state index contributed by atoms with van der Waals surface area (Å²) in [5.74, 6) is -0.191. The van der Waals surface area contributed by atoms with Crippen LogP contribution in [0.3, 0.4) is 0 Å². The van der Waals surface area contributed by atoms with Crippen LogP contribution in [0, 0.1) is 0 Å². The second-order valence-electron chi connectivity index (χ2n) is 3.57. The van der Waals surface area contributed by atoms with Crippen molar-refractivity contribution < 1.29 is 14.3 Å². The van der Waals surface area contributed by atoms with Crippen molar-refractivity contribution in [2.24, 2.45) is 0 Å². The van der Waals surface area contributed by atoms with Gasteiger partial charge in [-0.3, -0.25) is 9.59 Å². The zero-order valence-corrected chi connectivity index (χ0v) is 12.2. The van der Waals surface area contributed by atoms with E-state index in [2.05, 4.69) is 31.9 Å². The Labute approximate surface area is 115 Å². The number of carbonyl (C=O) groups is 2. The molecule has 0 N–H and O–H groups in total. The fraction of sp³-hybridized carbons (Fsp3) is 0.273. The zero-order valence-electron chi connectivity index (χ0n) is 9.00.